The number of halogens is 3. The second-order valence-corrected chi connectivity index (χ2v) is 5.17. The summed E-state index contributed by atoms with van der Waals surface area (Å²) in [5, 5.41) is 0.269. The molecule has 2 aromatic heterocycles. The third-order valence-corrected chi connectivity index (χ3v) is 3.47. The first kappa shape index (κ1) is 14.0. The molecule has 0 amide bonds. The molecule has 1 aliphatic carbocycles. The van der Waals surface area contributed by atoms with E-state index in [1.54, 1.807) is 6.92 Å². The lowest BCUT2D eigenvalue weighted by Crippen LogP contribution is -2.13. The van der Waals surface area contributed by atoms with Gasteiger partial charge in [0.1, 0.15) is 5.69 Å². The van der Waals surface area contributed by atoms with Gasteiger partial charge < -0.3 is 13.7 Å². The van der Waals surface area contributed by atoms with Crippen molar-refractivity contribution in [3.8, 4) is 0 Å². The number of esters is 1. The standard InChI is InChI=1S/C14H14F3NO3/c1-2-20-13(19)10-5-9-6-11(14(15,16)17)21-12(9)18(10)7-8-3-4-8/h5-6,8H,2-4,7H2,1H3. The summed E-state index contributed by atoms with van der Waals surface area (Å²) < 4.78 is 49.5. The monoisotopic (exact) mass is 301 g/mol. The normalized spacial score (nSPS) is 15.6. The highest BCUT2D eigenvalue weighted by Gasteiger charge is 2.37. The van der Waals surface area contributed by atoms with Gasteiger partial charge in [0.05, 0.1) is 6.61 Å². The van der Waals surface area contributed by atoms with E-state index in [0.717, 1.165) is 18.9 Å². The van der Waals surface area contributed by atoms with Crippen molar-refractivity contribution in [2.24, 2.45) is 5.92 Å². The summed E-state index contributed by atoms with van der Waals surface area (Å²) in [6.45, 7) is 2.36. The third-order valence-electron chi connectivity index (χ3n) is 3.47. The molecule has 0 unspecified atom stereocenters. The Morgan fingerprint density at radius 2 is 2.14 bits per heavy atom. The van der Waals surface area contributed by atoms with Gasteiger partial charge in [0.25, 0.3) is 0 Å². The summed E-state index contributed by atoms with van der Waals surface area (Å²) in [5.41, 5.74) is 0.323. The maximum Gasteiger partial charge on any atom is 0.449 e. The first-order chi connectivity index (χ1) is 9.90. The van der Waals surface area contributed by atoms with Crippen LogP contribution in [0.2, 0.25) is 0 Å². The first-order valence-electron chi connectivity index (χ1n) is 6.77. The summed E-state index contributed by atoms with van der Waals surface area (Å²) >= 11 is 0. The van der Waals surface area contributed by atoms with E-state index in [-0.39, 0.29) is 23.4 Å². The predicted octanol–water partition coefficient (Wildman–Crippen LogP) is 3.84. The zero-order valence-corrected chi connectivity index (χ0v) is 11.4. The molecule has 21 heavy (non-hydrogen) atoms. The molecule has 0 aliphatic heterocycles. The van der Waals surface area contributed by atoms with E-state index in [0.29, 0.717) is 12.5 Å². The number of alkyl halides is 3. The average molecular weight is 301 g/mol. The Balaban J connectivity index is 2.06. The van der Waals surface area contributed by atoms with Crippen LogP contribution in [0.5, 0.6) is 0 Å². The van der Waals surface area contributed by atoms with Crippen LogP contribution in [-0.4, -0.2) is 17.1 Å². The van der Waals surface area contributed by atoms with Crippen LogP contribution in [-0.2, 0) is 17.5 Å². The smallest absolute Gasteiger partial charge is 0.449 e. The molecule has 0 N–H and O–H groups in total. The van der Waals surface area contributed by atoms with E-state index in [1.165, 1.54) is 10.6 Å². The summed E-state index contributed by atoms with van der Waals surface area (Å²) in [5.74, 6) is -1.21. The molecular formula is C14H14F3NO3. The number of ether oxygens (including phenoxy) is 1. The average Bonchev–Trinajstić information content (AvgIpc) is 2.98. The van der Waals surface area contributed by atoms with E-state index in [1.807, 2.05) is 0 Å². The Hall–Kier alpha value is -1.92. The maximum absolute atomic E-state index is 12.7. The molecule has 1 fully saturated rings. The van der Waals surface area contributed by atoms with Crippen LogP contribution >= 0.6 is 0 Å². The molecule has 0 spiro atoms. The van der Waals surface area contributed by atoms with E-state index >= 15 is 0 Å². The number of fused-ring (bicyclic) bond motifs is 1. The fourth-order valence-corrected chi connectivity index (χ4v) is 2.30. The van der Waals surface area contributed by atoms with Crippen molar-refractivity contribution in [3.05, 3.63) is 23.6 Å². The molecular weight excluding hydrogens is 287 g/mol. The largest absolute Gasteiger partial charge is 0.461 e. The highest BCUT2D eigenvalue weighted by atomic mass is 19.4. The molecule has 0 aromatic carbocycles. The van der Waals surface area contributed by atoms with Crippen LogP contribution in [0.15, 0.2) is 16.5 Å². The fraction of sp³-hybridized carbons (Fsp3) is 0.500. The summed E-state index contributed by atoms with van der Waals surface area (Å²) in [6, 6.07) is 2.32. The van der Waals surface area contributed by atoms with E-state index < -0.39 is 17.9 Å². The lowest BCUT2D eigenvalue weighted by atomic mass is 10.3. The second-order valence-electron chi connectivity index (χ2n) is 5.17. The van der Waals surface area contributed by atoms with Crippen molar-refractivity contribution in [1.29, 1.82) is 0 Å². The van der Waals surface area contributed by atoms with Crippen LogP contribution in [0.4, 0.5) is 13.2 Å². The lowest BCUT2D eigenvalue weighted by Gasteiger charge is -2.08. The Morgan fingerprint density at radius 1 is 1.43 bits per heavy atom. The highest BCUT2D eigenvalue weighted by molar-refractivity contribution is 5.94. The van der Waals surface area contributed by atoms with Gasteiger partial charge in [0, 0.05) is 11.9 Å². The van der Waals surface area contributed by atoms with Crippen molar-refractivity contribution in [2.75, 3.05) is 6.61 Å². The molecule has 3 rings (SSSR count). The molecule has 0 bridgehead atoms. The van der Waals surface area contributed by atoms with Gasteiger partial charge in [-0.3, -0.25) is 0 Å². The molecule has 1 aliphatic rings. The fourth-order valence-electron chi connectivity index (χ4n) is 2.30. The number of rotatable bonds is 4. The number of carbonyl (C=O) groups excluding carboxylic acids is 1. The van der Waals surface area contributed by atoms with Crippen molar-refractivity contribution in [3.63, 3.8) is 0 Å². The molecule has 0 saturated heterocycles. The van der Waals surface area contributed by atoms with Gasteiger partial charge in [-0.25, -0.2) is 4.79 Å². The van der Waals surface area contributed by atoms with Crippen molar-refractivity contribution in [2.45, 2.75) is 32.5 Å². The topological polar surface area (TPSA) is 44.4 Å². The number of hydrogen-bond donors (Lipinski definition) is 0. The number of hydrogen-bond acceptors (Lipinski definition) is 3. The van der Waals surface area contributed by atoms with Gasteiger partial charge in [-0.2, -0.15) is 13.2 Å². The summed E-state index contributed by atoms with van der Waals surface area (Å²) in [4.78, 5) is 11.9. The number of carbonyl (C=O) groups is 1. The van der Waals surface area contributed by atoms with Crippen molar-refractivity contribution >= 4 is 17.1 Å². The minimum atomic E-state index is -4.53. The van der Waals surface area contributed by atoms with E-state index in [9.17, 15) is 18.0 Å². The number of furan rings is 1. The first-order valence-corrected chi connectivity index (χ1v) is 6.77. The van der Waals surface area contributed by atoms with Gasteiger partial charge in [-0.1, -0.05) is 0 Å². The maximum atomic E-state index is 12.7. The van der Waals surface area contributed by atoms with Crippen LogP contribution in [0.1, 0.15) is 36.0 Å². The zero-order chi connectivity index (χ0) is 15.2. The second kappa shape index (κ2) is 4.82. The Morgan fingerprint density at radius 3 is 2.71 bits per heavy atom. The van der Waals surface area contributed by atoms with E-state index in [4.69, 9.17) is 9.15 Å². The molecule has 2 aromatic rings. The lowest BCUT2D eigenvalue weighted by molar-refractivity contribution is -0.152. The van der Waals surface area contributed by atoms with Gasteiger partial charge in [-0.05, 0) is 37.8 Å². The van der Waals surface area contributed by atoms with Gasteiger partial charge in [-0.15, -0.1) is 0 Å². The molecule has 0 radical (unpaired) electrons. The Labute approximate surface area is 118 Å². The van der Waals surface area contributed by atoms with Gasteiger partial charge >= 0.3 is 12.1 Å². The molecule has 0 atom stereocenters. The summed E-state index contributed by atoms with van der Waals surface area (Å²) in [7, 11) is 0. The third kappa shape index (κ3) is 2.64. The highest BCUT2D eigenvalue weighted by Crippen LogP contribution is 2.37. The predicted molar refractivity (Wildman–Crippen MR) is 67.9 cm³/mol. The molecule has 114 valence electrons. The summed E-state index contributed by atoms with van der Waals surface area (Å²) in [6.07, 6.45) is -2.52. The van der Waals surface area contributed by atoms with Crippen LogP contribution in [0.25, 0.3) is 11.1 Å². The molecule has 1 saturated carbocycles. The van der Waals surface area contributed by atoms with E-state index in [2.05, 4.69) is 0 Å². The molecule has 4 nitrogen and oxygen atoms in total. The molecule has 2 heterocycles. The number of nitrogens with zero attached hydrogens (tertiary/aromatic N) is 1. The SMILES string of the molecule is CCOC(=O)c1cc2cc(C(F)(F)F)oc2n1CC1CC1. The van der Waals surface area contributed by atoms with Crippen LogP contribution in [0.3, 0.4) is 0 Å². The quantitative estimate of drug-likeness (QED) is 0.806. The number of aromatic nitrogens is 1. The van der Waals surface area contributed by atoms with Crippen LogP contribution in [0, 0.1) is 5.92 Å². The molecule has 7 heteroatoms. The van der Waals surface area contributed by atoms with Crippen LogP contribution < -0.4 is 0 Å². The van der Waals surface area contributed by atoms with Crippen molar-refractivity contribution in [1.82, 2.24) is 4.57 Å². The Bertz CT molecular complexity index is 679. The van der Waals surface area contributed by atoms with Gasteiger partial charge in [0.2, 0.25) is 11.5 Å². The van der Waals surface area contributed by atoms with Gasteiger partial charge in [0.15, 0.2) is 0 Å². The minimum Gasteiger partial charge on any atom is -0.461 e. The minimum absolute atomic E-state index is 0.0808. The van der Waals surface area contributed by atoms with Crippen molar-refractivity contribution < 1.29 is 27.1 Å². The zero-order valence-electron chi connectivity index (χ0n) is 11.4. The Kier molecular flexibility index (Phi) is 3.22.